The number of hydrogen-bond donors (Lipinski definition) is 0. The predicted molar refractivity (Wildman–Crippen MR) is 50.8 cm³/mol. The minimum atomic E-state index is -0.532. The van der Waals surface area contributed by atoms with Crippen LogP contribution in [0.2, 0.25) is 0 Å². The SMILES string of the molecule is O=CN(C=O)Cc1cccc([N+](=O)[O-])c1. The molecule has 0 aliphatic carbocycles. The molecule has 0 N–H and O–H groups in total. The average Bonchev–Trinajstić information content (AvgIpc) is 2.26. The molecule has 6 heteroatoms. The number of rotatable bonds is 5. The lowest BCUT2D eigenvalue weighted by molar-refractivity contribution is -0.384. The molecule has 1 rings (SSSR count). The molecule has 0 fully saturated rings. The zero-order valence-corrected chi connectivity index (χ0v) is 7.70. The molecule has 1 aromatic carbocycles. The highest BCUT2D eigenvalue weighted by molar-refractivity contribution is 5.68. The third kappa shape index (κ3) is 2.87. The van der Waals surface area contributed by atoms with Crippen LogP contribution in [0.1, 0.15) is 5.56 Å². The van der Waals surface area contributed by atoms with Crippen molar-refractivity contribution in [2.24, 2.45) is 0 Å². The fourth-order valence-electron chi connectivity index (χ4n) is 1.08. The van der Waals surface area contributed by atoms with E-state index in [1.807, 2.05) is 0 Å². The largest absolute Gasteiger partial charge is 0.283 e. The maximum atomic E-state index is 10.4. The van der Waals surface area contributed by atoms with Crippen LogP contribution in [0.5, 0.6) is 0 Å². The van der Waals surface area contributed by atoms with Crippen LogP contribution in [-0.2, 0) is 16.1 Å². The van der Waals surface area contributed by atoms with Gasteiger partial charge in [-0.3, -0.25) is 24.6 Å². The zero-order chi connectivity index (χ0) is 11.3. The Morgan fingerprint density at radius 3 is 2.53 bits per heavy atom. The van der Waals surface area contributed by atoms with E-state index in [2.05, 4.69) is 0 Å². The Labute approximate surface area is 85.3 Å². The van der Waals surface area contributed by atoms with Crippen molar-refractivity contribution in [2.45, 2.75) is 6.54 Å². The lowest BCUT2D eigenvalue weighted by Gasteiger charge is -2.07. The summed E-state index contributed by atoms with van der Waals surface area (Å²) in [5, 5.41) is 10.4. The molecule has 0 aromatic heterocycles. The highest BCUT2D eigenvalue weighted by Crippen LogP contribution is 2.13. The molecule has 0 spiro atoms. The Morgan fingerprint density at radius 2 is 2.00 bits per heavy atom. The molecule has 0 bridgehead atoms. The minimum absolute atomic E-state index is 0.0364. The molecule has 2 amide bonds. The van der Waals surface area contributed by atoms with E-state index >= 15 is 0 Å². The van der Waals surface area contributed by atoms with Gasteiger partial charge in [-0.15, -0.1) is 0 Å². The summed E-state index contributed by atoms with van der Waals surface area (Å²) >= 11 is 0. The first kappa shape index (κ1) is 10.8. The van der Waals surface area contributed by atoms with Gasteiger partial charge in [-0.05, 0) is 5.56 Å². The van der Waals surface area contributed by atoms with E-state index in [0.29, 0.717) is 18.4 Å². The van der Waals surface area contributed by atoms with Crippen molar-refractivity contribution in [2.75, 3.05) is 0 Å². The van der Waals surface area contributed by atoms with Crippen LogP contribution >= 0.6 is 0 Å². The monoisotopic (exact) mass is 208 g/mol. The molecule has 0 radical (unpaired) electrons. The number of nitro benzene ring substituents is 1. The van der Waals surface area contributed by atoms with Crippen LogP contribution in [0, 0.1) is 10.1 Å². The fraction of sp³-hybridized carbons (Fsp3) is 0.111. The quantitative estimate of drug-likeness (QED) is 0.405. The Morgan fingerprint density at radius 1 is 1.33 bits per heavy atom. The van der Waals surface area contributed by atoms with E-state index in [1.165, 1.54) is 18.2 Å². The Balaban J connectivity index is 2.86. The summed E-state index contributed by atoms with van der Waals surface area (Å²) in [7, 11) is 0. The van der Waals surface area contributed by atoms with Crippen LogP contribution in [0.15, 0.2) is 24.3 Å². The summed E-state index contributed by atoms with van der Waals surface area (Å²) in [6.45, 7) is 0.0364. The average molecular weight is 208 g/mol. The van der Waals surface area contributed by atoms with Gasteiger partial charge in [0.2, 0.25) is 12.8 Å². The van der Waals surface area contributed by atoms with Crippen molar-refractivity contribution in [1.82, 2.24) is 4.90 Å². The Hall–Kier alpha value is -2.24. The highest BCUT2D eigenvalue weighted by Gasteiger charge is 2.07. The molecule has 0 heterocycles. The molecular weight excluding hydrogens is 200 g/mol. The number of nitro groups is 1. The van der Waals surface area contributed by atoms with Crippen LogP contribution < -0.4 is 0 Å². The topological polar surface area (TPSA) is 80.5 Å². The number of non-ortho nitro benzene ring substituents is 1. The van der Waals surface area contributed by atoms with Crippen LogP contribution in [0.3, 0.4) is 0 Å². The Kier molecular flexibility index (Phi) is 3.50. The summed E-state index contributed by atoms with van der Waals surface area (Å²) in [4.78, 5) is 31.4. The van der Waals surface area contributed by atoms with E-state index < -0.39 is 4.92 Å². The van der Waals surface area contributed by atoms with Crippen LogP contribution in [-0.4, -0.2) is 22.6 Å². The first-order valence-corrected chi connectivity index (χ1v) is 4.07. The second kappa shape index (κ2) is 4.85. The number of carbonyl (C=O) groups is 2. The van der Waals surface area contributed by atoms with Crippen molar-refractivity contribution in [1.29, 1.82) is 0 Å². The van der Waals surface area contributed by atoms with Crippen molar-refractivity contribution in [3.05, 3.63) is 39.9 Å². The lowest BCUT2D eigenvalue weighted by atomic mass is 10.2. The smallest absolute Gasteiger partial charge is 0.269 e. The summed E-state index contributed by atoms with van der Waals surface area (Å²) < 4.78 is 0. The molecule has 0 unspecified atom stereocenters. The Bertz CT molecular complexity index is 383. The van der Waals surface area contributed by atoms with Gasteiger partial charge in [0.05, 0.1) is 11.5 Å². The van der Waals surface area contributed by atoms with Gasteiger partial charge in [-0.1, -0.05) is 12.1 Å². The molecule has 0 aliphatic heterocycles. The van der Waals surface area contributed by atoms with Gasteiger partial charge in [-0.25, -0.2) is 0 Å². The standard InChI is InChI=1S/C9H8N2O4/c12-6-10(7-13)5-8-2-1-3-9(4-8)11(14)15/h1-4,6-7H,5H2. The third-order valence-electron chi connectivity index (χ3n) is 1.76. The van der Waals surface area contributed by atoms with Crippen molar-refractivity contribution in [3.63, 3.8) is 0 Å². The molecule has 15 heavy (non-hydrogen) atoms. The number of imide groups is 1. The second-order valence-corrected chi connectivity index (χ2v) is 2.81. The number of benzene rings is 1. The van der Waals surface area contributed by atoms with Gasteiger partial charge in [0.15, 0.2) is 0 Å². The van der Waals surface area contributed by atoms with E-state index in [9.17, 15) is 19.7 Å². The second-order valence-electron chi connectivity index (χ2n) is 2.81. The number of hydrogen-bond acceptors (Lipinski definition) is 4. The summed E-state index contributed by atoms with van der Waals surface area (Å²) in [6.07, 6.45) is 0.734. The highest BCUT2D eigenvalue weighted by atomic mass is 16.6. The number of nitrogens with zero attached hydrogens (tertiary/aromatic N) is 2. The van der Waals surface area contributed by atoms with Crippen LogP contribution in [0.25, 0.3) is 0 Å². The third-order valence-corrected chi connectivity index (χ3v) is 1.76. The van der Waals surface area contributed by atoms with Gasteiger partial charge in [0.25, 0.3) is 5.69 Å². The normalized spacial score (nSPS) is 9.33. The van der Waals surface area contributed by atoms with E-state index in [-0.39, 0.29) is 12.2 Å². The van der Waals surface area contributed by atoms with Gasteiger partial charge < -0.3 is 0 Å². The molecule has 0 saturated heterocycles. The van der Waals surface area contributed by atoms with E-state index in [4.69, 9.17) is 0 Å². The van der Waals surface area contributed by atoms with Crippen molar-refractivity contribution < 1.29 is 14.5 Å². The minimum Gasteiger partial charge on any atom is -0.283 e. The van der Waals surface area contributed by atoms with Crippen LogP contribution in [0.4, 0.5) is 5.69 Å². The molecule has 78 valence electrons. The van der Waals surface area contributed by atoms with Gasteiger partial charge >= 0.3 is 0 Å². The lowest BCUT2D eigenvalue weighted by Crippen LogP contribution is -2.18. The number of amides is 2. The molecule has 0 atom stereocenters. The van der Waals surface area contributed by atoms with Crippen molar-refractivity contribution in [3.8, 4) is 0 Å². The summed E-state index contributed by atoms with van der Waals surface area (Å²) in [5.74, 6) is 0. The maximum Gasteiger partial charge on any atom is 0.269 e. The van der Waals surface area contributed by atoms with Gasteiger partial charge in [0.1, 0.15) is 0 Å². The predicted octanol–water partition coefficient (Wildman–Crippen LogP) is 0.710. The van der Waals surface area contributed by atoms with Crippen molar-refractivity contribution >= 4 is 18.5 Å². The van der Waals surface area contributed by atoms with E-state index in [1.54, 1.807) is 6.07 Å². The molecule has 0 aliphatic rings. The molecule has 0 saturated carbocycles. The van der Waals surface area contributed by atoms with Gasteiger partial charge in [-0.2, -0.15) is 0 Å². The molecule has 6 nitrogen and oxygen atoms in total. The molecule has 1 aromatic rings. The molecular formula is C9H8N2O4. The first-order chi connectivity index (χ1) is 7.17. The maximum absolute atomic E-state index is 10.4. The van der Waals surface area contributed by atoms with Gasteiger partial charge in [0, 0.05) is 12.1 Å². The fourth-order valence-corrected chi connectivity index (χ4v) is 1.08. The van der Waals surface area contributed by atoms with E-state index in [0.717, 1.165) is 4.90 Å². The number of carbonyl (C=O) groups excluding carboxylic acids is 2. The first-order valence-electron chi connectivity index (χ1n) is 4.07. The summed E-state index contributed by atoms with van der Waals surface area (Å²) in [6, 6.07) is 5.77. The summed E-state index contributed by atoms with van der Waals surface area (Å²) in [5.41, 5.74) is 0.465. The zero-order valence-electron chi connectivity index (χ0n) is 7.70.